The summed E-state index contributed by atoms with van der Waals surface area (Å²) in [6.07, 6.45) is 8.63. The molecule has 7 heteroatoms. The van der Waals surface area contributed by atoms with E-state index in [4.69, 9.17) is 4.98 Å². The van der Waals surface area contributed by atoms with Gasteiger partial charge in [0.1, 0.15) is 11.6 Å². The van der Waals surface area contributed by atoms with Gasteiger partial charge in [0.2, 0.25) is 0 Å². The van der Waals surface area contributed by atoms with Gasteiger partial charge in [-0.2, -0.15) is 0 Å². The summed E-state index contributed by atoms with van der Waals surface area (Å²) in [7, 11) is 2.00. The van der Waals surface area contributed by atoms with Crippen molar-refractivity contribution >= 4 is 16.8 Å². The summed E-state index contributed by atoms with van der Waals surface area (Å²) < 4.78 is 16.5. The third kappa shape index (κ3) is 5.39. The standard InChI is InChI=1S/C33H38FN5O/c1-22(36-33(40)26-8-5-11-29-25(26)9-6-18-35-29)24-14-12-23(13-15-24)16-19-39-20-17-31-30(21-39)37-32(38(31)2)27-7-3-4-10-28(27)34/h3-11,18,22-24H,12-17,19-21H2,1-2H3,(H,36,40)/t22-,23?,24?/m0/s1. The minimum atomic E-state index is -0.222. The highest BCUT2D eigenvalue weighted by molar-refractivity contribution is 6.06. The molecule has 0 unspecified atom stereocenters. The fourth-order valence-electron chi connectivity index (χ4n) is 6.70. The van der Waals surface area contributed by atoms with Crippen LogP contribution < -0.4 is 5.32 Å². The van der Waals surface area contributed by atoms with E-state index in [2.05, 4.69) is 26.7 Å². The van der Waals surface area contributed by atoms with Gasteiger partial charge >= 0.3 is 0 Å². The molecular formula is C33H38FN5O. The summed E-state index contributed by atoms with van der Waals surface area (Å²) in [6, 6.07) is 16.6. The first kappa shape index (κ1) is 26.6. The van der Waals surface area contributed by atoms with Crippen LogP contribution in [0.5, 0.6) is 0 Å². The van der Waals surface area contributed by atoms with Crippen LogP contribution in [0, 0.1) is 17.7 Å². The quantitative estimate of drug-likeness (QED) is 0.306. The molecule has 0 bridgehead atoms. The number of aromatic nitrogens is 3. The van der Waals surface area contributed by atoms with Crippen LogP contribution in [-0.4, -0.2) is 44.5 Å². The van der Waals surface area contributed by atoms with Crippen LogP contribution in [-0.2, 0) is 20.0 Å². The second-order valence-corrected chi connectivity index (χ2v) is 11.6. The zero-order chi connectivity index (χ0) is 27.6. The molecule has 2 aliphatic rings. The Bertz CT molecular complexity index is 1500. The Kier molecular flexibility index (Phi) is 7.65. The minimum absolute atomic E-state index is 0.00891. The summed E-state index contributed by atoms with van der Waals surface area (Å²) >= 11 is 0. The highest BCUT2D eigenvalue weighted by atomic mass is 19.1. The number of amides is 1. The highest BCUT2D eigenvalue weighted by Gasteiger charge is 2.28. The fourth-order valence-corrected chi connectivity index (χ4v) is 6.70. The molecule has 0 radical (unpaired) electrons. The van der Waals surface area contributed by atoms with Crippen molar-refractivity contribution in [3.05, 3.63) is 83.6 Å². The van der Waals surface area contributed by atoms with Crippen LogP contribution in [0.3, 0.4) is 0 Å². The van der Waals surface area contributed by atoms with Crippen LogP contribution in [0.15, 0.2) is 60.8 Å². The van der Waals surface area contributed by atoms with E-state index < -0.39 is 0 Å². The van der Waals surface area contributed by atoms with E-state index in [0.717, 1.165) is 67.2 Å². The van der Waals surface area contributed by atoms with Crippen LogP contribution in [0.25, 0.3) is 22.3 Å². The van der Waals surface area contributed by atoms with E-state index >= 15 is 0 Å². The number of nitrogens with one attached hydrogen (secondary N) is 1. The zero-order valence-corrected chi connectivity index (χ0v) is 23.4. The van der Waals surface area contributed by atoms with Crippen molar-refractivity contribution in [2.24, 2.45) is 18.9 Å². The molecule has 2 aromatic carbocycles. The van der Waals surface area contributed by atoms with Crippen molar-refractivity contribution in [1.29, 1.82) is 0 Å². The molecule has 3 heterocycles. The van der Waals surface area contributed by atoms with Crippen LogP contribution in [0.2, 0.25) is 0 Å². The first-order chi connectivity index (χ1) is 19.5. The van der Waals surface area contributed by atoms with E-state index in [9.17, 15) is 9.18 Å². The van der Waals surface area contributed by atoms with Crippen molar-refractivity contribution in [3.63, 3.8) is 0 Å². The maximum Gasteiger partial charge on any atom is 0.252 e. The number of carbonyl (C=O) groups is 1. The maximum absolute atomic E-state index is 14.4. The number of carbonyl (C=O) groups excluding carboxylic acids is 1. The number of fused-ring (bicyclic) bond motifs is 2. The van der Waals surface area contributed by atoms with Crippen molar-refractivity contribution in [2.45, 2.75) is 58.0 Å². The van der Waals surface area contributed by atoms with E-state index in [0.29, 0.717) is 17.0 Å². The van der Waals surface area contributed by atoms with E-state index in [1.165, 1.54) is 31.0 Å². The molecule has 1 aliphatic carbocycles. The van der Waals surface area contributed by atoms with Gasteiger partial charge < -0.3 is 9.88 Å². The Morgan fingerprint density at radius 3 is 2.73 bits per heavy atom. The maximum atomic E-state index is 14.4. The highest BCUT2D eigenvalue weighted by Crippen LogP contribution is 2.34. The Morgan fingerprint density at radius 2 is 1.90 bits per heavy atom. The van der Waals surface area contributed by atoms with Gasteiger partial charge in [-0.1, -0.05) is 37.1 Å². The topological polar surface area (TPSA) is 63.1 Å². The molecule has 6 rings (SSSR count). The molecule has 1 fully saturated rings. The van der Waals surface area contributed by atoms with Crippen LogP contribution in [0.4, 0.5) is 4.39 Å². The summed E-state index contributed by atoms with van der Waals surface area (Å²) in [4.78, 5) is 24.8. The van der Waals surface area contributed by atoms with Crippen LogP contribution >= 0.6 is 0 Å². The van der Waals surface area contributed by atoms with Crippen molar-refractivity contribution in [3.8, 4) is 11.4 Å². The lowest BCUT2D eigenvalue weighted by Crippen LogP contribution is -2.40. The van der Waals surface area contributed by atoms with Gasteiger partial charge in [0, 0.05) is 55.4 Å². The average Bonchev–Trinajstić information content (AvgIpc) is 3.31. The van der Waals surface area contributed by atoms with Gasteiger partial charge in [0.15, 0.2) is 0 Å². The number of rotatable bonds is 7. The summed E-state index contributed by atoms with van der Waals surface area (Å²) in [5.41, 5.74) is 4.43. The molecule has 208 valence electrons. The Hall–Kier alpha value is -3.58. The Morgan fingerprint density at radius 1 is 1.07 bits per heavy atom. The predicted octanol–water partition coefficient (Wildman–Crippen LogP) is 6.15. The number of pyridine rings is 1. The second kappa shape index (κ2) is 11.5. The number of hydrogen-bond acceptors (Lipinski definition) is 4. The number of benzene rings is 2. The number of halogens is 1. The molecule has 1 atom stereocenters. The third-order valence-electron chi connectivity index (χ3n) is 9.15. The van der Waals surface area contributed by atoms with E-state index in [-0.39, 0.29) is 17.8 Å². The smallest absolute Gasteiger partial charge is 0.252 e. The lowest BCUT2D eigenvalue weighted by molar-refractivity contribution is 0.0914. The Labute approximate surface area is 235 Å². The first-order valence-corrected chi connectivity index (χ1v) is 14.6. The van der Waals surface area contributed by atoms with Gasteiger partial charge in [-0.25, -0.2) is 9.37 Å². The molecule has 2 aromatic heterocycles. The third-order valence-corrected chi connectivity index (χ3v) is 9.15. The van der Waals surface area contributed by atoms with Crippen LogP contribution in [0.1, 0.15) is 60.8 Å². The fraction of sp³-hybridized carbons (Fsp3) is 0.424. The van der Waals surface area contributed by atoms with E-state index in [1.807, 2.05) is 49.5 Å². The predicted molar refractivity (Wildman–Crippen MR) is 156 cm³/mol. The second-order valence-electron chi connectivity index (χ2n) is 11.6. The molecule has 40 heavy (non-hydrogen) atoms. The molecule has 1 N–H and O–H groups in total. The molecule has 1 aliphatic heterocycles. The molecule has 6 nitrogen and oxygen atoms in total. The van der Waals surface area contributed by atoms with E-state index in [1.54, 1.807) is 12.3 Å². The number of nitrogens with zero attached hydrogens (tertiary/aromatic N) is 4. The summed E-state index contributed by atoms with van der Waals surface area (Å²) in [5.74, 6) is 1.73. The lowest BCUT2D eigenvalue weighted by atomic mass is 9.77. The molecule has 4 aromatic rings. The number of hydrogen-bond donors (Lipinski definition) is 1. The van der Waals surface area contributed by atoms with Crippen molar-refractivity contribution < 1.29 is 9.18 Å². The largest absolute Gasteiger partial charge is 0.349 e. The van der Waals surface area contributed by atoms with Crippen molar-refractivity contribution in [1.82, 2.24) is 24.8 Å². The minimum Gasteiger partial charge on any atom is -0.349 e. The zero-order valence-electron chi connectivity index (χ0n) is 23.4. The molecule has 1 saturated carbocycles. The summed E-state index contributed by atoms with van der Waals surface area (Å²) in [6.45, 7) is 5.08. The first-order valence-electron chi connectivity index (χ1n) is 14.6. The summed E-state index contributed by atoms with van der Waals surface area (Å²) in [5, 5.41) is 4.18. The number of imidazole rings is 1. The monoisotopic (exact) mass is 539 g/mol. The molecule has 1 amide bonds. The molecule has 0 spiro atoms. The molecule has 0 saturated heterocycles. The van der Waals surface area contributed by atoms with Crippen molar-refractivity contribution in [2.75, 3.05) is 13.1 Å². The average molecular weight is 540 g/mol. The van der Waals surface area contributed by atoms with Gasteiger partial charge in [-0.3, -0.25) is 14.7 Å². The molecular weight excluding hydrogens is 501 g/mol. The van der Waals surface area contributed by atoms with Gasteiger partial charge in [-0.15, -0.1) is 0 Å². The lowest BCUT2D eigenvalue weighted by Gasteiger charge is -2.34. The van der Waals surface area contributed by atoms with Gasteiger partial charge in [-0.05, 0) is 74.9 Å². The SMILES string of the molecule is C[C@H](NC(=O)c1cccc2ncccc12)C1CCC(CCN2CCc3c(nc(-c4ccccc4F)n3C)C2)CC1. The Balaban J connectivity index is 0.989. The van der Waals surface area contributed by atoms with Gasteiger partial charge in [0.25, 0.3) is 5.91 Å². The van der Waals surface area contributed by atoms with Gasteiger partial charge in [0.05, 0.1) is 16.8 Å². The normalized spacial score (nSPS) is 20.3.